The van der Waals surface area contributed by atoms with E-state index >= 15 is 0 Å². The van der Waals surface area contributed by atoms with Crippen molar-refractivity contribution in [3.63, 3.8) is 0 Å². The van der Waals surface area contributed by atoms with Crippen LogP contribution in [0.2, 0.25) is 0 Å². The number of nitrogens with zero attached hydrogens (tertiary/aromatic N) is 3. The van der Waals surface area contributed by atoms with E-state index in [1.54, 1.807) is 6.33 Å². The molecule has 1 aliphatic heterocycles. The first kappa shape index (κ1) is 9.54. The van der Waals surface area contributed by atoms with Crippen LogP contribution < -0.4 is 5.32 Å². The largest absolute Gasteiger partial charge is 0.320 e. The Kier molecular flexibility index (Phi) is 2.22. The topological polar surface area (TPSA) is 42.7 Å². The summed E-state index contributed by atoms with van der Waals surface area (Å²) in [6, 6.07) is 8.54. The minimum atomic E-state index is 0.317. The third-order valence-electron chi connectivity index (χ3n) is 3.15. The second-order valence-electron chi connectivity index (χ2n) is 4.18. The summed E-state index contributed by atoms with van der Waals surface area (Å²) >= 11 is 0. The molecule has 0 fully saturated rings. The SMILES string of the molecule is Cn1cnnc1C1CNCc2ccccc21. The van der Waals surface area contributed by atoms with E-state index < -0.39 is 0 Å². The Bertz CT molecular complexity index is 503. The van der Waals surface area contributed by atoms with E-state index in [9.17, 15) is 0 Å². The van der Waals surface area contributed by atoms with Gasteiger partial charge < -0.3 is 9.88 Å². The highest BCUT2D eigenvalue weighted by Gasteiger charge is 2.24. The van der Waals surface area contributed by atoms with E-state index in [0.29, 0.717) is 5.92 Å². The minimum Gasteiger partial charge on any atom is -0.320 e. The van der Waals surface area contributed by atoms with Crippen LogP contribution in [0.4, 0.5) is 0 Å². The molecule has 0 bridgehead atoms. The van der Waals surface area contributed by atoms with Crippen molar-refractivity contribution in [2.75, 3.05) is 6.54 Å². The fourth-order valence-electron chi connectivity index (χ4n) is 2.33. The molecule has 16 heavy (non-hydrogen) atoms. The number of aromatic nitrogens is 3. The molecule has 4 heteroatoms. The zero-order chi connectivity index (χ0) is 11.0. The lowest BCUT2D eigenvalue weighted by Crippen LogP contribution is -2.30. The molecule has 0 saturated heterocycles. The van der Waals surface area contributed by atoms with Gasteiger partial charge in [0.05, 0.1) is 5.92 Å². The van der Waals surface area contributed by atoms with Gasteiger partial charge in [0.2, 0.25) is 0 Å². The predicted molar refractivity (Wildman–Crippen MR) is 61.0 cm³/mol. The maximum atomic E-state index is 4.21. The fourth-order valence-corrected chi connectivity index (χ4v) is 2.33. The van der Waals surface area contributed by atoms with Crippen molar-refractivity contribution in [1.29, 1.82) is 0 Å². The Morgan fingerprint density at radius 1 is 1.38 bits per heavy atom. The summed E-state index contributed by atoms with van der Waals surface area (Å²) in [5.74, 6) is 1.34. The normalized spacial score (nSPS) is 19.4. The average molecular weight is 214 g/mol. The first-order valence-electron chi connectivity index (χ1n) is 5.48. The van der Waals surface area contributed by atoms with E-state index in [1.807, 2.05) is 11.6 Å². The highest BCUT2D eigenvalue weighted by Crippen LogP contribution is 2.28. The summed E-state index contributed by atoms with van der Waals surface area (Å²) in [6.45, 7) is 1.88. The van der Waals surface area contributed by atoms with Gasteiger partial charge >= 0.3 is 0 Å². The zero-order valence-electron chi connectivity index (χ0n) is 9.22. The Labute approximate surface area is 94.3 Å². The zero-order valence-corrected chi connectivity index (χ0v) is 9.22. The van der Waals surface area contributed by atoms with Crippen LogP contribution >= 0.6 is 0 Å². The Morgan fingerprint density at radius 3 is 3.06 bits per heavy atom. The average Bonchev–Trinajstić information content (AvgIpc) is 2.75. The Balaban J connectivity index is 2.08. The van der Waals surface area contributed by atoms with Crippen LogP contribution in [-0.2, 0) is 13.6 Å². The number of hydrogen-bond acceptors (Lipinski definition) is 3. The molecule has 2 heterocycles. The van der Waals surface area contributed by atoms with Crippen molar-refractivity contribution >= 4 is 0 Å². The van der Waals surface area contributed by atoms with Crippen molar-refractivity contribution in [1.82, 2.24) is 20.1 Å². The van der Waals surface area contributed by atoms with Gasteiger partial charge in [0.1, 0.15) is 12.2 Å². The molecule has 1 aliphatic rings. The molecule has 1 aromatic carbocycles. The summed E-state index contributed by atoms with van der Waals surface area (Å²) in [4.78, 5) is 0. The van der Waals surface area contributed by atoms with E-state index in [1.165, 1.54) is 11.1 Å². The highest BCUT2D eigenvalue weighted by atomic mass is 15.3. The first-order valence-corrected chi connectivity index (χ1v) is 5.48. The lowest BCUT2D eigenvalue weighted by atomic mass is 9.90. The van der Waals surface area contributed by atoms with Gasteiger partial charge in [-0.3, -0.25) is 0 Å². The molecule has 1 aromatic heterocycles. The molecule has 0 amide bonds. The van der Waals surface area contributed by atoms with Gasteiger partial charge in [-0.2, -0.15) is 0 Å². The molecule has 0 spiro atoms. The maximum Gasteiger partial charge on any atom is 0.141 e. The van der Waals surface area contributed by atoms with Crippen LogP contribution in [0, 0.1) is 0 Å². The van der Waals surface area contributed by atoms with Gasteiger partial charge in [-0.25, -0.2) is 0 Å². The second kappa shape index (κ2) is 3.72. The summed E-state index contributed by atoms with van der Waals surface area (Å²) < 4.78 is 1.99. The molecule has 0 radical (unpaired) electrons. The molecule has 1 atom stereocenters. The third kappa shape index (κ3) is 1.42. The summed E-state index contributed by atoms with van der Waals surface area (Å²) in [5.41, 5.74) is 2.74. The number of rotatable bonds is 1. The number of benzene rings is 1. The third-order valence-corrected chi connectivity index (χ3v) is 3.15. The fraction of sp³-hybridized carbons (Fsp3) is 0.333. The predicted octanol–water partition coefficient (Wildman–Crippen LogP) is 1.05. The number of fused-ring (bicyclic) bond motifs is 1. The van der Waals surface area contributed by atoms with E-state index in [-0.39, 0.29) is 0 Å². The van der Waals surface area contributed by atoms with Crippen molar-refractivity contribution in [2.24, 2.45) is 7.05 Å². The van der Waals surface area contributed by atoms with Gasteiger partial charge in [0.25, 0.3) is 0 Å². The lowest BCUT2D eigenvalue weighted by Gasteiger charge is -2.25. The van der Waals surface area contributed by atoms with Crippen LogP contribution in [0.25, 0.3) is 0 Å². The monoisotopic (exact) mass is 214 g/mol. The van der Waals surface area contributed by atoms with Gasteiger partial charge in [0.15, 0.2) is 0 Å². The van der Waals surface area contributed by atoms with E-state index in [2.05, 4.69) is 39.8 Å². The van der Waals surface area contributed by atoms with Crippen LogP contribution in [-0.4, -0.2) is 21.3 Å². The summed E-state index contributed by atoms with van der Waals surface area (Å²) in [7, 11) is 1.99. The molecule has 3 rings (SSSR count). The standard InChI is InChI=1S/C12H14N4/c1-16-8-14-15-12(16)11-7-13-6-9-4-2-3-5-10(9)11/h2-5,8,11,13H,6-7H2,1H3. The smallest absolute Gasteiger partial charge is 0.141 e. The van der Waals surface area contributed by atoms with Crippen molar-refractivity contribution in [2.45, 2.75) is 12.5 Å². The molecular formula is C12H14N4. The molecule has 0 saturated carbocycles. The van der Waals surface area contributed by atoms with Gasteiger partial charge in [0, 0.05) is 20.1 Å². The Morgan fingerprint density at radius 2 is 2.25 bits per heavy atom. The van der Waals surface area contributed by atoms with Gasteiger partial charge in [-0.05, 0) is 11.1 Å². The summed E-state index contributed by atoms with van der Waals surface area (Å²) in [5, 5.41) is 11.6. The van der Waals surface area contributed by atoms with Gasteiger partial charge in [-0.1, -0.05) is 24.3 Å². The highest BCUT2D eigenvalue weighted by molar-refractivity contribution is 5.36. The molecule has 1 unspecified atom stereocenters. The maximum absolute atomic E-state index is 4.21. The van der Waals surface area contributed by atoms with Crippen LogP contribution in [0.5, 0.6) is 0 Å². The molecule has 2 aromatic rings. The Hall–Kier alpha value is -1.68. The minimum absolute atomic E-state index is 0.317. The second-order valence-corrected chi connectivity index (χ2v) is 4.18. The molecule has 4 nitrogen and oxygen atoms in total. The summed E-state index contributed by atoms with van der Waals surface area (Å²) in [6.07, 6.45) is 1.76. The van der Waals surface area contributed by atoms with Crippen LogP contribution in [0.3, 0.4) is 0 Å². The molecule has 0 aliphatic carbocycles. The first-order chi connectivity index (χ1) is 7.86. The van der Waals surface area contributed by atoms with Gasteiger partial charge in [-0.15, -0.1) is 10.2 Å². The lowest BCUT2D eigenvalue weighted by molar-refractivity contribution is 0.558. The van der Waals surface area contributed by atoms with Crippen LogP contribution in [0.1, 0.15) is 22.9 Å². The number of nitrogens with one attached hydrogen (secondary N) is 1. The quantitative estimate of drug-likeness (QED) is 0.771. The molecular weight excluding hydrogens is 200 g/mol. The molecule has 1 N–H and O–H groups in total. The van der Waals surface area contributed by atoms with E-state index in [0.717, 1.165) is 18.9 Å². The van der Waals surface area contributed by atoms with Crippen LogP contribution in [0.15, 0.2) is 30.6 Å². The number of aryl methyl sites for hydroxylation is 1. The van der Waals surface area contributed by atoms with Crippen molar-refractivity contribution in [3.05, 3.63) is 47.5 Å². The van der Waals surface area contributed by atoms with E-state index in [4.69, 9.17) is 0 Å². The van der Waals surface area contributed by atoms with Crippen molar-refractivity contribution < 1.29 is 0 Å². The number of hydrogen-bond donors (Lipinski definition) is 1. The van der Waals surface area contributed by atoms with Crippen molar-refractivity contribution in [3.8, 4) is 0 Å². The molecule has 82 valence electrons.